The van der Waals surface area contributed by atoms with Crippen LogP contribution in [0.1, 0.15) is 57.5 Å². The van der Waals surface area contributed by atoms with Gasteiger partial charge in [0.1, 0.15) is 11.5 Å². The Morgan fingerprint density at radius 1 is 0.667 bits per heavy atom. The van der Waals surface area contributed by atoms with Crippen LogP contribution in [0.2, 0.25) is 0 Å². The van der Waals surface area contributed by atoms with E-state index in [1.165, 1.54) is 0 Å². The van der Waals surface area contributed by atoms with Crippen LogP contribution >= 0.6 is 0 Å². The molecule has 0 unspecified atom stereocenters. The highest BCUT2D eigenvalue weighted by molar-refractivity contribution is 5.97. The highest BCUT2D eigenvalue weighted by atomic mass is 16.5. The Morgan fingerprint density at radius 2 is 1.11 bits per heavy atom. The Bertz CT molecular complexity index is 990. The van der Waals surface area contributed by atoms with Crippen LogP contribution in [0.25, 0.3) is 0 Å². The number of morpholine rings is 2. The van der Waals surface area contributed by atoms with Crippen LogP contribution in [-0.2, 0) is 15.9 Å². The number of ketones is 2. The van der Waals surface area contributed by atoms with E-state index in [9.17, 15) is 9.59 Å². The third kappa shape index (κ3) is 6.40. The lowest BCUT2D eigenvalue weighted by atomic mass is 9.94. The van der Waals surface area contributed by atoms with E-state index < -0.39 is 0 Å². The molecule has 0 bridgehead atoms. The molecule has 0 spiro atoms. The number of carbonyl (C=O) groups excluding carboxylic acids is 2. The summed E-state index contributed by atoms with van der Waals surface area (Å²) in [7, 11) is 0. The van der Waals surface area contributed by atoms with E-state index >= 15 is 0 Å². The number of Topliss-reactive ketones (excluding diaryl/α,β-unsaturated/α-hetero) is 2. The summed E-state index contributed by atoms with van der Waals surface area (Å²) in [6.45, 7) is 8.77. The zero-order chi connectivity index (χ0) is 24.7. The molecule has 0 amide bonds. The fourth-order valence-electron chi connectivity index (χ4n) is 5.17. The van der Waals surface area contributed by atoms with Crippen LogP contribution in [0.4, 0.5) is 0 Å². The largest absolute Gasteiger partial charge is 0.457 e. The molecule has 0 radical (unpaired) electrons. The Kier molecular flexibility index (Phi) is 8.43. The van der Waals surface area contributed by atoms with Crippen molar-refractivity contribution in [2.24, 2.45) is 0 Å². The first-order valence-corrected chi connectivity index (χ1v) is 13.3. The van der Waals surface area contributed by atoms with Crippen LogP contribution in [-0.4, -0.2) is 87.1 Å². The molecule has 2 saturated heterocycles. The molecule has 3 aliphatic rings. The lowest BCUT2D eigenvalue weighted by molar-refractivity contribution is 0.0370. The van der Waals surface area contributed by atoms with Crippen molar-refractivity contribution in [3.63, 3.8) is 0 Å². The molecule has 2 fully saturated rings. The number of ether oxygens (including phenoxy) is 3. The molecule has 192 valence electrons. The third-order valence-corrected chi connectivity index (χ3v) is 7.33. The van der Waals surface area contributed by atoms with Gasteiger partial charge >= 0.3 is 0 Å². The highest BCUT2D eigenvalue weighted by Gasteiger charge is 2.21. The lowest BCUT2D eigenvalue weighted by Crippen LogP contribution is -2.36. The van der Waals surface area contributed by atoms with Crippen molar-refractivity contribution in [2.45, 2.75) is 32.1 Å². The molecule has 0 aromatic heterocycles. The van der Waals surface area contributed by atoms with Gasteiger partial charge in [0.05, 0.1) is 26.4 Å². The van der Waals surface area contributed by atoms with Crippen molar-refractivity contribution in [1.82, 2.24) is 9.80 Å². The van der Waals surface area contributed by atoms with Gasteiger partial charge in [-0.15, -0.1) is 0 Å². The maximum atomic E-state index is 12.8. The molecular weight excluding hydrogens is 456 g/mol. The van der Waals surface area contributed by atoms with Gasteiger partial charge in [-0.2, -0.15) is 0 Å². The standard InChI is InChI=1S/C29H36N2O5/c32-26(3-1-9-30-11-15-34-16-12-30)22-5-7-28-24(19-22)21-25-20-23(6-8-29(25)36-28)27(33)4-2-10-31-13-17-35-18-14-31/h5-8,19-20H,1-4,9-18,21H2. The topological polar surface area (TPSA) is 68.3 Å². The van der Waals surface area contributed by atoms with E-state index in [2.05, 4.69) is 9.80 Å². The van der Waals surface area contributed by atoms with E-state index in [1.807, 2.05) is 36.4 Å². The van der Waals surface area contributed by atoms with Gasteiger partial charge in [-0.3, -0.25) is 19.4 Å². The molecule has 7 heteroatoms. The fraction of sp³-hybridized carbons (Fsp3) is 0.517. The SMILES string of the molecule is O=C(CCCN1CCOCC1)c1ccc2c(c1)Cc1cc(C(=O)CCCN3CCOCC3)ccc1O2. The minimum atomic E-state index is 0.168. The molecule has 2 aromatic rings. The van der Waals surface area contributed by atoms with Gasteiger partial charge in [0.15, 0.2) is 11.6 Å². The smallest absolute Gasteiger partial charge is 0.162 e. The highest BCUT2D eigenvalue weighted by Crippen LogP contribution is 2.37. The van der Waals surface area contributed by atoms with Crippen molar-refractivity contribution < 1.29 is 23.8 Å². The van der Waals surface area contributed by atoms with E-state index in [1.54, 1.807) is 0 Å². The van der Waals surface area contributed by atoms with Crippen LogP contribution in [0.15, 0.2) is 36.4 Å². The van der Waals surface area contributed by atoms with Crippen LogP contribution < -0.4 is 4.74 Å². The second kappa shape index (κ2) is 12.1. The molecule has 0 saturated carbocycles. The van der Waals surface area contributed by atoms with Gasteiger partial charge in [0.25, 0.3) is 0 Å². The maximum Gasteiger partial charge on any atom is 0.162 e. The van der Waals surface area contributed by atoms with Crippen molar-refractivity contribution >= 4 is 11.6 Å². The average Bonchev–Trinajstić information content (AvgIpc) is 2.92. The number of benzene rings is 2. The zero-order valence-electron chi connectivity index (χ0n) is 21.0. The Morgan fingerprint density at radius 3 is 1.56 bits per heavy atom. The van der Waals surface area contributed by atoms with E-state index in [0.29, 0.717) is 19.3 Å². The van der Waals surface area contributed by atoms with Gasteiger partial charge in [-0.05, 0) is 62.3 Å². The zero-order valence-corrected chi connectivity index (χ0v) is 21.0. The maximum absolute atomic E-state index is 12.8. The minimum Gasteiger partial charge on any atom is -0.457 e. The molecule has 3 heterocycles. The van der Waals surface area contributed by atoms with Crippen LogP contribution in [0, 0.1) is 0 Å². The molecule has 2 aromatic carbocycles. The summed E-state index contributed by atoms with van der Waals surface area (Å²) < 4.78 is 16.9. The summed E-state index contributed by atoms with van der Waals surface area (Å²) >= 11 is 0. The lowest BCUT2D eigenvalue weighted by Gasteiger charge is -2.26. The number of fused-ring (bicyclic) bond motifs is 2. The molecule has 0 aliphatic carbocycles. The summed E-state index contributed by atoms with van der Waals surface area (Å²) in [6, 6.07) is 11.5. The predicted molar refractivity (Wildman–Crippen MR) is 137 cm³/mol. The second-order valence-corrected chi connectivity index (χ2v) is 9.89. The van der Waals surface area contributed by atoms with Crippen LogP contribution in [0.5, 0.6) is 11.5 Å². The van der Waals surface area contributed by atoms with Crippen molar-refractivity contribution in [2.75, 3.05) is 65.7 Å². The number of nitrogens with zero attached hydrogens (tertiary/aromatic N) is 2. The van der Waals surface area contributed by atoms with Crippen LogP contribution in [0.3, 0.4) is 0 Å². The third-order valence-electron chi connectivity index (χ3n) is 7.33. The van der Waals surface area contributed by atoms with Gasteiger partial charge in [0, 0.05) is 67.7 Å². The van der Waals surface area contributed by atoms with Gasteiger partial charge in [-0.25, -0.2) is 0 Å². The van der Waals surface area contributed by atoms with E-state index in [0.717, 1.165) is 112 Å². The predicted octanol–water partition coefficient (Wildman–Crippen LogP) is 3.97. The molecule has 7 nitrogen and oxygen atoms in total. The minimum absolute atomic E-state index is 0.168. The van der Waals surface area contributed by atoms with Crippen molar-refractivity contribution in [3.05, 3.63) is 58.7 Å². The van der Waals surface area contributed by atoms with Crippen molar-refractivity contribution in [1.29, 1.82) is 0 Å². The second-order valence-electron chi connectivity index (χ2n) is 9.89. The number of carbonyl (C=O) groups is 2. The summed E-state index contributed by atoms with van der Waals surface area (Å²) in [6.07, 6.45) is 3.44. The summed E-state index contributed by atoms with van der Waals surface area (Å²) in [5.74, 6) is 1.91. The summed E-state index contributed by atoms with van der Waals surface area (Å²) in [5.41, 5.74) is 3.47. The Hall–Kier alpha value is -2.58. The van der Waals surface area contributed by atoms with E-state index in [-0.39, 0.29) is 11.6 Å². The quantitative estimate of drug-likeness (QED) is 0.397. The van der Waals surface area contributed by atoms with Gasteiger partial charge in [0.2, 0.25) is 0 Å². The van der Waals surface area contributed by atoms with Gasteiger partial charge in [-0.1, -0.05) is 0 Å². The Labute approximate surface area is 213 Å². The molecular formula is C29H36N2O5. The molecule has 5 rings (SSSR count). The molecule has 0 N–H and O–H groups in total. The molecule has 3 aliphatic heterocycles. The summed E-state index contributed by atoms with van der Waals surface area (Å²) in [5, 5.41) is 0. The number of rotatable bonds is 10. The summed E-state index contributed by atoms with van der Waals surface area (Å²) in [4.78, 5) is 30.4. The van der Waals surface area contributed by atoms with Gasteiger partial charge < -0.3 is 14.2 Å². The number of hydrogen-bond acceptors (Lipinski definition) is 7. The molecule has 36 heavy (non-hydrogen) atoms. The Balaban J connectivity index is 1.16. The fourth-order valence-corrected chi connectivity index (χ4v) is 5.17. The first kappa shape index (κ1) is 25.1. The number of hydrogen-bond donors (Lipinski definition) is 0. The monoisotopic (exact) mass is 492 g/mol. The molecule has 0 atom stereocenters. The van der Waals surface area contributed by atoms with E-state index in [4.69, 9.17) is 14.2 Å². The normalized spacial score (nSPS) is 18.2. The first-order valence-electron chi connectivity index (χ1n) is 13.3. The average molecular weight is 493 g/mol. The van der Waals surface area contributed by atoms with Crippen molar-refractivity contribution in [3.8, 4) is 11.5 Å². The first-order chi connectivity index (χ1) is 17.7.